The highest BCUT2D eigenvalue weighted by molar-refractivity contribution is 6.04. The summed E-state index contributed by atoms with van der Waals surface area (Å²) in [7, 11) is 1.31. The first kappa shape index (κ1) is 14.9. The summed E-state index contributed by atoms with van der Waals surface area (Å²) < 4.78 is 4.87. The lowest BCUT2D eigenvalue weighted by atomic mass is 10.1. The highest BCUT2D eigenvalue weighted by atomic mass is 16.6. The number of anilines is 1. The van der Waals surface area contributed by atoms with E-state index in [4.69, 9.17) is 10.00 Å². The summed E-state index contributed by atoms with van der Waals surface area (Å²) in [5, 5.41) is 22.1. The second kappa shape index (κ2) is 6.32. The van der Waals surface area contributed by atoms with Gasteiger partial charge < -0.3 is 10.1 Å². The van der Waals surface area contributed by atoms with Gasteiger partial charge in [-0.3, -0.25) is 14.9 Å². The number of methoxy groups -OCH3 is 1. The van der Waals surface area contributed by atoms with Crippen LogP contribution < -0.4 is 10.1 Å². The number of nitro groups is 1. The van der Waals surface area contributed by atoms with Gasteiger partial charge in [0, 0.05) is 17.8 Å². The van der Waals surface area contributed by atoms with Gasteiger partial charge >= 0.3 is 5.69 Å². The molecule has 0 spiro atoms. The van der Waals surface area contributed by atoms with Crippen molar-refractivity contribution in [3.05, 3.63) is 57.8 Å². The Morgan fingerprint density at radius 2 is 2.18 bits per heavy atom. The molecule has 8 heteroatoms. The van der Waals surface area contributed by atoms with Crippen LogP contribution in [0.4, 0.5) is 11.5 Å². The second-order valence-corrected chi connectivity index (χ2v) is 4.14. The largest absolute Gasteiger partial charge is 0.490 e. The zero-order valence-corrected chi connectivity index (χ0v) is 11.4. The van der Waals surface area contributed by atoms with E-state index in [0.717, 1.165) is 6.07 Å². The fourth-order valence-electron chi connectivity index (χ4n) is 1.70. The Hall–Kier alpha value is -3.47. The van der Waals surface area contributed by atoms with Gasteiger partial charge in [0.2, 0.25) is 0 Å². The third-order valence-corrected chi connectivity index (χ3v) is 2.77. The van der Waals surface area contributed by atoms with Crippen LogP contribution in [0, 0.1) is 21.4 Å². The summed E-state index contributed by atoms with van der Waals surface area (Å²) in [6.45, 7) is 0. The molecule has 0 atom stereocenters. The molecule has 1 heterocycles. The van der Waals surface area contributed by atoms with Crippen molar-refractivity contribution < 1.29 is 14.5 Å². The number of pyridine rings is 1. The lowest BCUT2D eigenvalue weighted by Gasteiger charge is -2.06. The SMILES string of the molecule is COc1ccc(C(=O)Nc2ccc(C#N)cn2)cc1[N+](=O)[O-]. The van der Waals surface area contributed by atoms with Crippen LogP contribution in [0.5, 0.6) is 5.75 Å². The molecule has 0 saturated heterocycles. The van der Waals surface area contributed by atoms with Gasteiger partial charge in [0.25, 0.3) is 5.91 Å². The topological polar surface area (TPSA) is 118 Å². The molecule has 0 radical (unpaired) electrons. The Kier molecular flexibility index (Phi) is 4.29. The molecule has 0 aliphatic carbocycles. The van der Waals surface area contributed by atoms with Crippen LogP contribution in [-0.2, 0) is 0 Å². The summed E-state index contributed by atoms with van der Waals surface area (Å²) >= 11 is 0. The number of nitro benzene ring substituents is 1. The smallest absolute Gasteiger partial charge is 0.311 e. The van der Waals surface area contributed by atoms with Crippen molar-refractivity contribution in [3.63, 3.8) is 0 Å². The first-order chi connectivity index (χ1) is 10.5. The predicted octanol–water partition coefficient (Wildman–Crippen LogP) is 2.12. The lowest BCUT2D eigenvalue weighted by Crippen LogP contribution is -2.13. The van der Waals surface area contributed by atoms with Crippen molar-refractivity contribution in [1.29, 1.82) is 5.26 Å². The van der Waals surface area contributed by atoms with E-state index in [2.05, 4.69) is 10.3 Å². The van der Waals surface area contributed by atoms with E-state index in [-0.39, 0.29) is 22.8 Å². The number of hydrogen-bond acceptors (Lipinski definition) is 6. The lowest BCUT2D eigenvalue weighted by molar-refractivity contribution is -0.385. The van der Waals surface area contributed by atoms with Crippen molar-refractivity contribution >= 4 is 17.4 Å². The van der Waals surface area contributed by atoms with Crippen LogP contribution in [0.25, 0.3) is 0 Å². The number of nitrogens with zero attached hydrogens (tertiary/aromatic N) is 3. The van der Waals surface area contributed by atoms with Crippen molar-refractivity contribution in [2.24, 2.45) is 0 Å². The number of carbonyl (C=O) groups is 1. The maximum Gasteiger partial charge on any atom is 0.311 e. The number of aromatic nitrogens is 1. The minimum Gasteiger partial charge on any atom is -0.490 e. The van der Waals surface area contributed by atoms with Crippen molar-refractivity contribution in [1.82, 2.24) is 4.98 Å². The molecule has 0 aliphatic heterocycles. The fraction of sp³-hybridized carbons (Fsp3) is 0.0714. The maximum atomic E-state index is 12.1. The van der Waals surface area contributed by atoms with E-state index in [0.29, 0.717) is 5.56 Å². The Morgan fingerprint density at radius 1 is 1.41 bits per heavy atom. The van der Waals surface area contributed by atoms with Crippen molar-refractivity contribution in [2.75, 3.05) is 12.4 Å². The second-order valence-electron chi connectivity index (χ2n) is 4.14. The zero-order chi connectivity index (χ0) is 16.1. The molecule has 0 aliphatic rings. The Bertz CT molecular complexity index is 765. The first-order valence-corrected chi connectivity index (χ1v) is 6.05. The standard InChI is InChI=1S/C14H10N4O4/c1-22-12-4-3-10(6-11(12)18(20)21)14(19)17-13-5-2-9(7-15)8-16-13/h2-6,8H,1H3,(H,16,17,19). The average Bonchev–Trinajstić information content (AvgIpc) is 2.54. The molecule has 1 N–H and O–H groups in total. The predicted molar refractivity (Wildman–Crippen MR) is 76.6 cm³/mol. The monoisotopic (exact) mass is 298 g/mol. The summed E-state index contributed by atoms with van der Waals surface area (Å²) in [5.41, 5.74) is 0.152. The summed E-state index contributed by atoms with van der Waals surface area (Å²) in [6.07, 6.45) is 1.31. The molecular formula is C14H10N4O4. The zero-order valence-electron chi connectivity index (χ0n) is 11.4. The van der Waals surface area contributed by atoms with Gasteiger partial charge in [-0.1, -0.05) is 0 Å². The van der Waals surface area contributed by atoms with Gasteiger partial charge in [-0.05, 0) is 24.3 Å². The van der Waals surface area contributed by atoms with E-state index >= 15 is 0 Å². The molecule has 0 fully saturated rings. The molecule has 2 rings (SSSR count). The van der Waals surface area contributed by atoms with Gasteiger partial charge in [-0.15, -0.1) is 0 Å². The quantitative estimate of drug-likeness (QED) is 0.682. The molecule has 0 bridgehead atoms. The summed E-state index contributed by atoms with van der Waals surface area (Å²) in [4.78, 5) is 26.3. The fourth-order valence-corrected chi connectivity index (χ4v) is 1.70. The Balaban J connectivity index is 2.23. The van der Waals surface area contributed by atoms with Crippen LogP contribution in [0.15, 0.2) is 36.5 Å². The van der Waals surface area contributed by atoms with Gasteiger partial charge in [0.15, 0.2) is 5.75 Å². The number of amides is 1. The first-order valence-electron chi connectivity index (χ1n) is 6.05. The molecule has 22 heavy (non-hydrogen) atoms. The van der Waals surface area contributed by atoms with Gasteiger partial charge in [0.1, 0.15) is 11.9 Å². The van der Waals surface area contributed by atoms with E-state index < -0.39 is 10.8 Å². The maximum absolute atomic E-state index is 12.1. The number of rotatable bonds is 4. The third kappa shape index (κ3) is 3.16. The highest BCUT2D eigenvalue weighted by Crippen LogP contribution is 2.27. The Morgan fingerprint density at radius 3 is 2.73 bits per heavy atom. The number of ether oxygens (including phenoxy) is 1. The third-order valence-electron chi connectivity index (χ3n) is 2.77. The molecule has 0 saturated carbocycles. The molecule has 2 aromatic rings. The van der Waals surface area contributed by atoms with Crippen molar-refractivity contribution in [3.8, 4) is 11.8 Å². The minimum atomic E-state index is -0.629. The van der Waals surface area contributed by atoms with Crippen LogP contribution in [0.2, 0.25) is 0 Å². The summed E-state index contributed by atoms with van der Waals surface area (Å²) in [6, 6.07) is 8.75. The van der Waals surface area contributed by atoms with Crippen molar-refractivity contribution in [2.45, 2.75) is 0 Å². The van der Waals surface area contributed by atoms with Gasteiger partial charge in [0.05, 0.1) is 17.6 Å². The summed E-state index contributed by atoms with van der Waals surface area (Å²) in [5.74, 6) is -0.247. The van der Waals surface area contributed by atoms with Crippen LogP contribution in [0.3, 0.4) is 0 Å². The molecule has 110 valence electrons. The molecule has 1 aromatic heterocycles. The minimum absolute atomic E-state index is 0.0676. The van der Waals surface area contributed by atoms with Crippen LogP contribution >= 0.6 is 0 Å². The number of hydrogen-bond donors (Lipinski definition) is 1. The van der Waals surface area contributed by atoms with Crippen LogP contribution in [-0.4, -0.2) is 22.9 Å². The number of nitriles is 1. The number of carbonyl (C=O) groups excluding carboxylic acids is 1. The van der Waals surface area contributed by atoms with Gasteiger partial charge in [-0.2, -0.15) is 5.26 Å². The molecule has 8 nitrogen and oxygen atoms in total. The molecular weight excluding hydrogens is 288 g/mol. The van der Waals surface area contributed by atoms with E-state index in [9.17, 15) is 14.9 Å². The normalized spacial score (nSPS) is 9.64. The average molecular weight is 298 g/mol. The van der Waals surface area contributed by atoms with Crippen LogP contribution in [0.1, 0.15) is 15.9 Å². The van der Waals surface area contributed by atoms with E-state index in [1.165, 1.54) is 37.6 Å². The number of benzene rings is 1. The van der Waals surface area contributed by atoms with Gasteiger partial charge in [-0.25, -0.2) is 4.98 Å². The molecule has 1 amide bonds. The number of nitrogens with one attached hydrogen (secondary N) is 1. The molecule has 1 aromatic carbocycles. The Labute approximate surface area is 125 Å². The molecule has 0 unspecified atom stereocenters. The van der Waals surface area contributed by atoms with E-state index in [1.54, 1.807) is 0 Å². The highest BCUT2D eigenvalue weighted by Gasteiger charge is 2.18. The van der Waals surface area contributed by atoms with E-state index in [1.807, 2.05) is 6.07 Å².